The van der Waals surface area contributed by atoms with E-state index in [1.165, 1.54) is 24.3 Å². The number of morpholine rings is 1. The molecule has 28 heavy (non-hydrogen) atoms. The van der Waals surface area contributed by atoms with Crippen LogP contribution < -0.4 is 5.32 Å². The third kappa shape index (κ3) is 4.75. The third-order valence-electron chi connectivity index (χ3n) is 4.40. The number of nitrogens with one attached hydrogen (secondary N) is 2. The Kier molecular flexibility index (Phi) is 6.40. The van der Waals surface area contributed by atoms with E-state index in [1.54, 1.807) is 0 Å². The smallest absolute Gasteiger partial charge is 0.270 e. The van der Waals surface area contributed by atoms with Crippen LogP contribution in [0.15, 0.2) is 30.3 Å². The molecule has 10 heteroatoms. The summed E-state index contributed by atoms with van der Waals surface area (Å²) in [5.74, 6) is -0.862. The van der Waals surface area contributed by atoms with Crippen molar-refractivity contribution in [2.45, 2.75) is 0 Å². The summed E-state index contributed by atoms with van der Waals surface area (Å²) >= 11 is 6.01. The largest absolute Gasteiger partial charge is 0.379 e. The Morgan fingerprint density at radius 1 is 1.21 bits per heavy atom. The van der Waals surface area contributed by atoms with E-state index in [0.717, 1.165) is 19.2 Å². The summed E-state index contributed by atoms with van der Waals surface area (Å²) in [4.78, 5) is 40.1. The van der Waals surface area contributed by atoms with Gasteiger partial charge in [-0.05, 0) is 18.2 Å². The molecular formula is C18H19ClN4O5. The molecule has 1 aromatic heterocycles. The summed E-state index contributed by atoms with van der Waals surface area (Å²) in [7, 11) is 0. The minimum Gasteiger partial charge on any atom is -0.379 e. The van der Waals surface area contributed by atoms with Crippen LogP contribution in [0.1, 0.15) is 26.5 Å². The van der Waals surface area contributed by atoms with Gasteiger partial charge < -0.3 is 15.0 Å². The number of carbonyl (C=O) groups excluding carboxylic acids is 2. The molecule has 0 unspecified atom stereocenters. The first-order chi connectivity index (χ1) is 13.5. The van der Waals surface area contributed by atoms with Crippen molar-refractivity contribution < 1.29 is 19.2 Å². The molecule has 1 aliphatic rings. The first kappa shape index (κ1) is 20.0. The lowest BCUT2D eigenvalue weighted by molar-refractivity contribution is -0.384. The van der Waals surface area contributed by atoms with Gasteiger partial charge in [-0.3, -0.25) is 24.6 Å². The summed E-state index contributed by atoms with van der Waals surface area (Å²) < 4.78 is 5.27. The highest BCUT2D eigenvalue weighted by Gasteiger charge is 2.20. The maximum atomic E-state index is 12.6. The second-order valence-electron chi connectivity index (χ2n) is 6.25. The van der Waals surface area contributed by atoms with E-state index < -0.39 is 10.7 Å². The Balaban J connectivity index is 1.63. The molecule has 3 rings (SSSR count). The SMILES string of the molecule is O=C(NCCN1CCOCC1)c1ccc(C(=O)c2cc([N+](=O)[O-])ccc2Cl)[nH]1. The predicted octanol–water partition coefficient (Wildman–Crippen LogP) is 1.87. The van der Waals surface area contributed by atoms with Crippen molar-refractivity contribution in [3.8, 4) is 0 Å². The second-order valence-corrected chi connectivity index (χ2v) is 6.65. The number of ketones is 1. The Morgan fingerprint density at radius 3 is 2.64 bits per heavy atom. The number of hydrogen-bond donors (Lipinski definition) is 2. The molecule has 2 aromatic rings. The van der Waals surface area contributed by atoms with Gasteiger partial charge in [-0.1, -0.05) is 11.6 Å². The molecule has 9 nitrogen and oxygen atoms in total. The van der Waals surface area contributed by atoms with Crippen LogP contribution in [-0.4, -0.2) is 65.9 Å². The van der Waals surface area contributed by atoms with Crippen LogP contribution in [0.3, 0.4) is 0 Å². The topological polar surface area (TPSA) is 118 Å². The van der Waals surface area contributed by atoms with E-state index >= 15 is 0 Å². The molecular weight excluding hydrogens is 388 g/mol. The number of amides is 1. The van der Waals surface area contributed by atoms with Crippen LogP contribution in [0.25, 0.3) is 0 Å². The average molecular weight is 407 g/mol. The number of nitro benzene ring substituents is 1. The lowest BCUT2D eigenvalue weighted by Crippen LogP contribution is -2.41. The lowest BCUT2D eigenvalue weighted by atomic mass is 10.1. The molecule has 148 valence electrons. The zero-order valence-electron chi connectivity index (χ0n) is 14.9. The van der Waals surface area contributed by atoms with Gasteiger partial charge in [0.2, 0.25) is 5.78 Å². The van der Waals surface area contributed by atoms with Crippen molar-refractivity contribution in [3.63, 3.8) is 0 Å². The summed E-state index contributed by atoms with van der Waals surface area (Å²) in [6.07, 6.45) is 0. The molecule has 1 aromatic carbocycles. The number of rotatable bonds is 7. The highest BCUT2D eigenvalue weighted by Crippen LogP contribution is 2.24. The maximum absolute atomic E-state index is 12.6. The van der Waals surface area contributed by atoms with Crippen molar-refractivity contribution in [2.24, 2.45) is 0 Å². The number of aromatic amines is 1. The number of benzene rings is 1. The third-order valence-corrected chi connectivity index (χ3v) is 4.73. The fourth-order valence-corrected chi connectivity index (χ4v) is 3.06. The monoisotopic (exact) mass is 406 g/mol. The van der Waals surface area contributed by atoms with Crippen LogP contribution in [0, 0.1) is 10.1 Å². The van der Waals surface area contributed by atoms with Gasteiger partial charge in [-0.15, -0.1) is 0 Å². The van der Waals surface area contributed by atoms with Crippen LogP contribution in [0.4, 0.5) is 5.69 Å². The predicted molar refractivity (Wildman–Crippen MR) is 102 cm³/mol. The molecule has 0 atom stereocenters. The number of aromatic nitrogens is 1. The van der Waals surface area contributed by atoms with E-state index in [-0.39, 0.29) is 33.6 Å². The molecule has 0 radical (unpaired) electrons. The maximum Gasteiger partial charge on any atom is 0.270 e. The summed E-state index contributed by atoms with van der Waals surface area (Å²) in [5, 5.41) is 13.8. The number of hydrogen-bond acceptors (Lipinski definition) is 6. The molecule has 0 aliphatic carbocycles. The van der Waals surface area contributed by atoms with Gasteiger partial charge in [0.15, 0.2) is 0 Å². The molecule has 1 saturated heterocycles. The number of non-ortho nitro benzene ring substituents is 1. The first-order valence-corrected chi connectivity index (χ1v) is 9.09. The number of nitrogens with zero attached hydrogens (tertiary/aromatic N) is 2. The standard InChI is InChI=1S/C18H19ClN4O5/c19-14-2-1-12(23(26)27)11-13(14)17(24)15-3-4-16(21-15)18(25)20-5-6-22-7-9-28-10-8-22/h1-4,11,21H,5-10H2,(H,20,25). The van der Waals surface area contributed by atoms with E-state index in [9.17, 15) is 19.7 Å². The number of ether oxygens (including phenoxy) is 1. The lowest BCUT2D eigenvalue weighted by Gasteiger charge is -2.26. The van der Waals surface area contributed by atoms with E-state index in [1.807, 2.05) is 0 Å². The first-order valence-electron chi connectivity index (χ1n) is 8.71. The van der Waals surface area contributed by atoms with Crippen LogP contribution in [0.2, 0.25) is 5.02 Å². The van der Waals surface area contributed by atoms with Gasteiger partial charge in [0.25, 0.3) is 11.6 Å². The summed E-state index contributed by atoms with van der Waals surface area (Å²) in [6, 6.07) is 6.58. The van der Waals surface area contributed by atoms with Gasteiger partial charge >= 0.3 is 0 Å². The zero-order valence-corrected chi connectivity index (χ0v) is 15.7. The van der Waals surface area contributed by atoms with E-state index in [2.05, 4.69) is 15.2 Å². The minimum absolute atomic E-state index is 0.00278. The van der Waals surface area contributed by atoms with Crippen molar-refractivity contribution >= 4 is 29.0 Å². The van der Waals surface area contributed by atoms with Gasteiger partial charge in [-0.25, -0.2) is 0 Å². The number of carbonyl (C=O) groups is 2. The number of nitro groups is 1. The highest BCUT2D eigenvalue weighted by atomic mass is 35.5. The fourth-order valence-electron chi connectivity index (χ4n) is 2.85. The van der Waals surface area contributed by atoms with Crippen molar-refractivity contribution in [2.75, 3.05) is 39.4 Å². The van der Waals surface area contributed by atoms with Crippen LogP contribution in [-0.2, 0) is 4.74 Å². The minimum atomic E-state index is -0.602. The number of H-pyrrole nitrogens is 1. The molecule has 0 spiro atoms. The molecule has 2 heterocycles. The van der Waals surface area contributed by atoms with E-state index in [4.69, 9.17) is 16.3 Å². The average Bonchev–Trinajstić information content (AvgIpc) is 3.19. The molecule has 2 N–H and O–H groups in total. The Labute approximate surface area is 165 Å². The summed E-state index contributed by atoms with van der Waals surface area (Å²) in [6.45, 7) is 4.23. The highest BCUT2D eigenvalue weighted by molar-refractivity contribution is 6.35. The van der Waals surface area contributed by atoms with E-state index in [0.29, 0.717) is 26.3 Å². The normalized spacial score (nSPS) is 14.6. The van der Waals surface area contributed by atoms with Crippen molar-refractivity contribution in [3.05, 3.63) is 62.4 Å². The van der Waals surface area contributed by atoms with Crippen molar-refractivity contribution in [1.29, 1.82) is 0 Å². The molecule has 1 amide bonds. The van der Waals surface area contributed by atoms with Gasteiger partial charge in [0.1, 0.15) is 5.69 Å². The van der Waals surface area contributed by atoms with Crippen molar-refractivity contribution in [1.82, 2.24) is 15.2 Å². The Morgan fingerprint density at radius 2 is 1.93 bits per heavy atom. The molecule has 0 bridgehead atoms. The summed E-state index contributed by atoms with van der Waals surface area (Å²) in [5.41, 5.74) is 0.116. The molecule has 1 fully saturated rings. The quantitative estimate of drug-likeness (QED) is 0.411. The van der Waals surface area contributed by atoms with Crippen LogP contribution in [0.5, 0.6) is 0 Å². The Bertz CT molecular complexity index is 892. The fraction of sp³-hybridized carbons (Fsp3) is 0.333. The zero-order chi connectivity index (χ0) is 20.1. The number of halogens is 1. The van der Waals surface area contributed by atoms with Gasteiger partial charge in [0.05, 0.1) is 28.9 Å². The van der Waals surface area contributed by atoms with Crippen LogP contribution >= 0.6 is 11.6 Å². The van der Waals surface area contributed by atoms with Gasteiger partial charge in [0, 0.05) is 43.9 Å². The van der Waals surface area contributed by atoms with Gasteiger partial charge in [-0.2, -0.15) is 0 Å². The molecule has 1 aliphatic heterocycles. The Hall–Kier alpha value is -2.75. The molecule has 0 saturated carbocycles. The second kappa shape index (κ2) is 8.96.